The van der Waals surface area contributed by atoms with Crippen LogP contribution in [0, 0.1) is 0 Å². The molecule has 0 aliphatic heterocycles. The Kier molecular flexibility index (Phi) is 8.62. The molecule has 4 heteroatoms. The molecule has 0 aromatic rings. The van der Waals surface area contributed by atoms with Gasteiger partial charge < -0.3 is 0 Å². The SMILES string of the molecule is C=C(CC)C1=CCC(F)C=C1F.CC=NC=NC. The molecule has 0 saturated heterocycles. The molecule has 1 aliphatic rings. The van der Waals surface area contributed by atoms with E-state index in [-0.39, 0.29) is 6.42 Å². The third kappa shape index (κ3) is 6.23. The molecule has 0 saturated carbocycles. The van der Waals surface area contributed by atoms with Crippen molar-refractivity contribution in [1.82, 2.24) is 0 Å². The first-order chi connectivity index (χ1) is 8.56. The molecule has 0 radical (unpaired) electrons. The lowest BCUT2D eigenvalue weighted by molar-refractivity contribution is 0.391. The first-order valence-corrected chi connectivity index (χ1v) is 5.85. The third-order valence-corrected chi connectivity index (χ3v) is 2.27. The number of hydrogen-bond acceptors (Lipinski definition) is 1. The van der Waals surface area contributed by atoms with Crippen LogP contribution in [0.4, 0.5) is 8.78 Å². The second-order valence-electron chi connectivity index (χ2n) is 3.62. The second kappa shape index (κ2) is 9.45. The van der Waals surface area contributed by atoms with Crippen LogP contribution in [-0.2, 0) is 0 Å². The van der Waals surface area contributed by atoms with Gasteiger partial charge in [-0.25, -0.2) is 8.78 Å². The molecule has 2 nitrogen and oxygen atoms in total. The molecular formula is C14H20F2N2. The van der Waals surface area contributed by atoms with Gasteiger partial charge in [-0.3, -0.25) is 9.98 Å². The summed E-state index contributed by atoms with van der Waals surface area (Å²) >= 11 is 0. The fraction of sp³-hybridized carbons (Fsp3) is 0.429. The molecule has 0 aromatic carbocycles. The Morgan fingerprint density at radius 1 is 1.61 bits per heavy atom. The van der Waals surface area contributed by atoms with E-state index in [1.807, 2.05) is 13.8 Å². The van der Waals surface area contributed by atoms with E-state index in [9.17, 15) is 8.78 Å². The van der Waals surface area contributed by atoms with Crippen molar-refractivity contribution in [3.05, 3.63) is 35.7 Å². The lowest BCUT2D eigenvalue weighted by Gasteiger charge is -2.13. The number of nitrogens with zero attached hydrogens (tertiary/aromatic N) is 2. The molecule has 0 aromatic heterocycles. The largest absolute Gasteiger partial charge is 0.277 e. The molecule has 0 bridgehead atoms. The van der Waals surface area contributed by atoms with Gasteiger partial charge in [0.25, 0.3) is 0 Å². The molecule has 100 valence electrons. The minimum absolute atomic E-state index is 0.266. The predicted molar refractivity (Wildman–Crippen MR) is 74.8 cm³/mol. The maximum atomic E-state index is 13.0. The lowest BCUT2D eigenvalue weighted by Crippen LogP contribution is -2.03. The van der Waals surface area contributed by atoms with Gasteiger partial charge in [0.2, 0.25) is 0 Å². The van der Waals surface area contributed by atoms with Crippen LogP contribution < -0.4 is 0 Å². The van der Waals surface area contributed by atoms with Gasteiger partial charge in [0.05, 0.1) is 0 Å². The third-order valence-electron chi connectivity index (χ3n) is 2.27. The van der Waals surface area contributed by atoms with Crippen molar-refractivity contribution >= 4 is 12.6 Å². The van der Waals surface area contributed by atoms with Crippen molar-refractivity contribution in [2.24, 2.45) is 9.98 Å². The highest BCUT2D eigenvalue weighted by Crippen LogP contribution is 2.27. The maximum Gasteiger partial charge on any atom is 0.129 e. The molecule has 1 atom stereocenters. The van der Waals surface area contributed by atoms with E-state index in [4.69, 9.17) is 0 Å². The number of allylic oxidation sites excluding steroid dienone is 5. The molecule has 0 N–H and O–H groups in total. The molecule has 0 spiro atoms. The highest BCUT2D eigenvalue weighted by atomic mass is 19.1. The number of alkyl halides is 1. The van der Waals surface area contributed by atoms with E-state index in [0.717, 1.165) is 11.6 Å². The van der Waals surface area contributed by atoms with E-state index < -0.39 is 12.0 Å². The van der Waals surface area contributed by atoms with E-state index in [1.165, 1.54) is 6.34 Å². The summed E-state index contributed by atoms with van der Waals surface area (Å²) in [6.07, 6.45) is 5.57. The van der Waals surface area contributed by atoms with Gasteiger partial charge in [-0.15, -0.1) is 0 Å². The van der Waals surface area contributed by atoms with E-state index in [0.29, 0.717) is 12.0 Å². The molecule has 18 heavy (non-hydrogen) atoms. The highest BCUT2D eigenvalue weighted by Gasteiger charge is 2.15. The van der Waals surface area contributed by atoms with E-state index in [2.05, 4.69) is 16.6 Å². The Morgan fingerprint density at radius 2 is 2.28 bits per heavy atom. The summed E-state index contributed by atoms with van der Waals surface area (Å²) in [5, 5.41) is 0. The van der Waals surface area contributed by atoms with Gasteiger partial charge in [0.1, 0.15) is 18.3 Å². The van der Waals surface area contributed by atoms with Crippen LogP contribution in [0.15, 0.2) is 45.7 Å². The van der Waals surface area contributed by atoms with Gasteiger partial charge in [-0.2, -0.15) is 0 Å². The van der Waals surface area contributed by atoms with Crippen LogP contribution in [0.3, 0.4) is 0 Å². The minimum atomic E-state index is -1.17. The van der Waals surface area contributed by atoms with Crippen molar-refractivity contribution < 1.29 is 8.78 Å². The fourth-order valence-corrected chi connectivity index (χ4v) is 1.28. The van der Waals surface area contributed by atoms with Gasteiger partial charge in [0, 0.05) is 25.3 Å². The maximum absolute atomic E-state index is 13.0. The molecule has 0 fully saturated rings. The predicted octanol–water partition coefficient (Wildman–Crippen LogP) is 4.21. The van der Waals surface area contributed by atoms with Gasteiger partial charge in [-0.1, -0.05) is 19.6 Å². The number of aliphatic imine (C=N–C) groups is 2. The van der Waals surface area contributed by atoms with Crippen LogP contribution >= 0.6 is 0 Å². The van der Waals surface area contributed by atoms with Crippen LogP contribution in [0.25, 0.3) is 0 Å². The average molecular weight is 254 g/mol. The molecule has 0 heterocycles. The van der Waals surface area contributed by atoms with E-state index in [1.54, 1.807) is 19.3 Å². The van der Waals surface area contributed by atoms with Crippen LogP contribution in [0.1, 0.15) is 26.7 Å². The fourth-order valence-electron chi connectivity index (χ4n) is 1.28. The standard InChI is InChI=1S/C10H12F2.C4H8N2/c1-3-7(2)9-5-4-8(11)6-10(9)12;1-3-6-4-5-2/h5-6,8H,2-4H2,1H3;3-4H,1-2H3. The highest BCUT2D eigenvalue weighted by molar-refractivity contribution is 5.70. The quantitative estimate of drug-likeness (QED) is 0.532. The molecule has 1 unspecified atom stereocenters. The second-order valence-corrected chi connectivity index (χ2v) is 3.62. The number of halogens is 2. The van der Waals surface area contributed by atoms with Crippen LogP contribution in [0.2, 0.25) is 0 Å². The normalized spacial score (nSPS) is 19.3. The number of rotatable bonds is 3. The topological polar surface area (TPSA) is 24.7 Å². The minimum Gasteiger partial charge on any atom is -0.277 e. The first kappa shape index (κ1) is 16.4. The molecule has 1 aliphatic carbocycles. The summed E-state index contributed by atoms with van der Waals surface area (Å²) in [7, 11) is 1.69. The Bertz CT molecular complexity index is 369. The van der Waals surface area contributed by atoms with Gasteiger partial charge in [0.15, 0.2) is 0 Å². The van der Waals surface area contributed by atoms with Crippen molar-refractivity contribution in [1.29, 1.82) is 0 Å². The van der Waals surface area contributed by atoms with Crippen molar-refractivity contribution in [2.45, 2.75) is 32.9 Å². The molecule has 0 amide bonds. The van der Waals surface area contributed by atoms with Crippen LogP contribution in [0.5, 0.6) is 0 Å². The first-order valence-electron chi connectivity index (χ1n) is 5.85. The summed E-state index contributed by atoms with van der Waals surface area (Å²) in [5.74, 6) is -0.472. The summed E-state index contributed by atoms with van der Waals surface area (Å²) in [6.45, 7) is 7.45. The smallest absolute Gasteiger partial charge is 0.129 e. The Morgan fingerprint density at radius 3 is 2.67 bits per heavy atom. The van der Waals surface area contributed by atoms with Crippen molar-refractivity contribution in [3.8, 4) is 0 Å². The molecular weight excluding hydrogens is 234 g/mol. The summed E-state index contributed by atoms with van der Waals surface area (Å²) in [5.41, 5.74) is 1.21. The van der Waals surface area contributed by atoms with Gasteiger partial charge >= 0.3 is 0 Å². The van der Waals surface area contributed by atoms with E-state index >= 15 is 0 Å². The zero-order chi connectivity index (χ0) is 14.0. The zero-order valence-corrected chi connectivity index (χ0v) is 11.2. The zero-order valence-electron chi connectivity index (χ0n) is 11.2. The van der Waals surface area contributed by atoms with Crippen molar-refractivity contribution in [3.63, 3.8) is 0 Å². The Labute approximate surface area is 108 Å². The lowest BCUT2D eigenvalue weighted by atomic mass is 9.97. The monoisotopic (exact) mass is 254 g/mol. The Balaban J connectivity index is 0.000000411. The molecule has 1 rings (SSSR count). The average Bonchev–Trinajstić information content (AvgIpc) is 2.36. The van der Waals surface area contributed by atoms with Crippen molar-refractivity contribution in [2.75, 3.05) is 7.05 Å². The summed E-state index contributed by atoms with van der Waals surface area (Å²) in [6, 6.07) is 0. The van der Waals surface area contributed by atoms with Crippen LogP contribution in [-0.4, -0.2) is 25.8 Å². The number of hydrogen-bond donors (Lipinski definition) is 0. The summed E-state index contributed by atoms with van der Waals surface area (Å²) < 4.78 is 25.6. The van der Waals surface area contributed by atoms with Gasteiger partial charge in [-0.05, 0) is 25.0 Å². The Hall–Kier alpha value is -1.58. The summed E-state index contributed by atoms with van der Waals surface area (Å²) in [4.78, 5) is 7.28.